The third kappa shape index (κ3) is 1.99. The van der Waals surface area contributed by atoms with Crippen LogP contribution in [-0.4, -0.2) is 26.0 Å². The fourth-order valence-electron chi connectivity index (χ4n) is 2.16. The van der Waals surface area contributed by atoms with Crippen molar-refractivity contribution < 1.29 is 9.90 Å². The molecule has 0 radical (unpaired) electrons. The van der Waals surface area contributed by atoms with Crippen molar-refractivity contribution in [3.05, 3.63) is 54.1 Å². The van der Waals surface area contributed by atoms with Crippen LogP contribution in [0.25, 0.3) is 22.2 Å². The number of hydrogen-bond acceptors (Lipinski definition) is 4. The Morgan fingerprint density at radius 1 is 1.15 bits per heavy atom. The summed E-state index contributed by atoms with van der Waals surface area (Å²) in [5.41, 5.74) is 3.80. The maximum absolute atomic E-state index is 11.4. The molecule has 98 valence electrons. The number of carboxylic acids is 1. The SMILES string of the molecule is Cc1ccncc1-c1cc(C(=O)O)c2nccnc2c1. The number of aromatic carboxylic acids is 1. The lowest BCUT2D eigenvalue weighted by molar-refractivity contribution is 0.0699. The number of rotatable bonds is 2. The van der Waals surface area contributed by atoms with Crippen LogP contribution in [0.3, 0.4) is 0 Å². The summed E-state index contributed by atoms with van der Waals surface area (Å²) in [6.07, 6.45) is 6.47. The summed E-state index contributed by atoms with van der Waals surface area (Å²) in [7, 11) is 0. The average Bonchev–Trinajstić information content (AvgIpc) is 2.46. The number of fused-ring (bicyclic) bond motifs is 1. The molecule has 0 aliphatic heterocycles. The van der Waals surface area contributed by atoms with Crippen LogP contribution in [0.2, 0.25) is 0 Å². The summed E-state index contributed by atoms with van der Waals surface area (Å²) in [5, 5.41) is 9.34. The Bertz CT molecular complexity index is 815. The lowest BCUT2D eigenvalue weighted by Crippen LogP contribution is -2.01. The van der Waals surface area contributed by atoms with Crippen LogP contribution in [0.4, 0.5) is 0 Å². The second-order valence-electron chi connectivity index (χ2n) is 4.44. The zero-order valence-corrected chi connectivity index (χ0v) is 10.7. The fourth-order valence-corrected chi connectivity index (χ4v) is 2.16. The topological polar surface area (TPSA) is 76.0 Å². The fraction of sp³-hybridized carbons (Fsp3) is 0.0667. The van der Waals surface area contributed by atoms with E-state index in [1.54, 1.807) is 24.7 Å². The van der Waals surface area contributed by atoms with Crippen molar-refractivity contribution >= 4 is 17.0 Å². The molecule has 0 atom stereocenters. The first kappa shape index (κ1) is 12.2. The van der Waals surface area contributed by atoms with E-state index >= 15 is 0 Å². The van der Waals surface area contributed by atoms with E-state index in [1.807, 2.05) is 19.1 Å². The largest absolute Gasteiger partial charge is 0.478 e. The Balaban J connectivity index is 2.33. The van der Waals surface area contributed by atoms with Crippen molar-refractivity contribution in [2.24, 2.45) is 0 Å². The third-order valence-corrected chi connectivity index (χ3v) is 3.15. The maximum Gasteiger partial charge on any atom is 0.337 e. The first-order valence-electron chi connectivity index (χ1n) is 6.06. The molecule has 0 fully saturated rings. The van der Waals surface area contributed by atoms with Crippen molar-refractivity contribution in [2.45, 2.75) is 6.92 Å². The Labute approximate surface area is 115 Å². The summed E-state index contributed by atoms with van der Waals surface area (Å²) in [6, 6.07) is 5.33. The number of nitrogens with zero attached hydrogens (tertiary/aromatic N) is 3. The van der Waals surface area contributed by atoms with E-state index < -0.39 is 5.97 Å². The van der Waals surface area contributed by atoms with E-state index in [2.05, 4.69) is 15.0 Å². The summed E-state index contributed by atoms with van der Waals surface area (Å²) >= 11 is 0. The van der Waals surface area contributed by atoms with Crippen LogP contribution >= 0.6 is 0 Å². The van der Waals surface area contributed by atoms with Gasteiger partial charge in [0.05, 0.1) is 11.1 Å². The van der Waals surface area contributed by atoms with E-state index in [-0.39, 0.29) is 5.56 Å². The molecule has 0 spiro atoms. The van der Waals surface area contributed by atoms with Crippen molar-refractivity contribution in [3.63, 3.8) is 0 Å². The number of aryl methyl sites for hydroxylation is 1. The molecule has 3 rings (SSSR count). The van der Waals surface area contributed by atoms with Gasteiger partial charge in [-0.05, 0) is 36.2 Å². The minimum Gasteiger partial charge on any atom is -0.478 e. The minimum atomic E-state index is -1.01. The molecule has 1 aromatic carbocycles. The van der Waals surface area contributed by atoms with Gasteiger partial charge in [-0.3, -0.25) is 15.0 Å². The number of carbonyl (C=O) groups is 1. The quantitative estimate of drug-likeness (QED) is 0.771. The maximum atomic E-state index is 11.4. The van der Waals surface area contributed by atoms with E-state index in [4.69, 9.17) is 0 Å². The van der Waals surface area contributed by atoms with E-state index in [1.165, 1.54) is 6.20 Å². The number of pyridine rings is 1. The highest BCUT2D eigenvalue weighted by Crippen LogP contribution is 2.27. The predicted octanol–water partition coefficient (Wildman–Crippen LogP) is 2.70. The predicted molar refractivity (Wildman–Crippen MR) is 74.5 cm³/mol. The molecule has 0 saturated heterocycles. The Morgan fingerprint density at radius 3 is 2.70 bits per heavy atom. The number of benzene rings is 1. The highest BCUT2D eigenvalue weighted by Gasteiger charge is 2.14. The molecule has 5 nitrogen and oxygen atoms in total. The van der Waals surface area contributed by atoms with Gasteiger partial charge in [0.2, 0.25) is 0 Å². The molecule has 0 amide bonds. The van der Waals surface area contributed by atoms with Crippen molar-refractivity contribution in [1.82, 2.24) is 15.0 Å². The van der Waals surface area contributed by atoms with Crippen molar-refractivity contribution in [2.75, 3.05) is 0 Å². The molecule has 20 heavy (non-hydrogen) atoms. The Morgan fingerprint density at radius 2 is 1.95 bits per heavy atom. The molecule has 0 aliphatic rings. The van der Waals surface area contributed by atoms with Gasteiger partial charge < -0.3 is 5.11 Å². The standard InChI is InChI=1S/C15H11N3O2/c1-9-2-3-16-8-12(9)10-6-11(15(19)20)14-13(7-10)17-4-5-18-14/h2-8H,1H3,(H,19,20). The van der Waals surface area contributed by atoms with Gasteiger partial charge in [0.1, 0.15) is 5.52 Å². The van der Waals surface area contributed by atoms with Gasteiger partial charge in [-0.1, -0.05) is 0 Å². The highest BCUT2D eigenvalue weighted by molar-refractivity contribution is 6.02. The zero-order chi connectivity index (χ0) is 14.1. The molecule has 0 saturated carbocycles. The summed E-state index contributed by atoms with van der Waals surface area (Å²) in [4.78, 5) is 23.8. The molecule has 2 aromatic heterocycles. The molecule has 0 bridgehead atoms. The van der Waals surface area contributed by atoms with Crippen LogP contribution in [0, 0.1) is 6.92 Å². The molecular weight excluding hydrogens is 254 g/mol. The Kier molecular flexibility index (Phi) is 2.87. The van der Waals surface area contributed by atoms with E-state index in [0.29, 0.717) is 11.0 Å². The van der Waals surface area contributed by atoms with E-state index in [9.17, 15) is 9.90 Å². The number of hydrogen-bond donors (Lipinski definition) is 1. The summed E-state index contributed by atoms with van der Waals surface area (Å²) in [5.74, 6) is -1.01. The second-order valence-corrected chi connectivity index (χ2v) is 4.44. The molecular formula is C15H11N3O2. The van der Waals surface area contributed by atoms with Gasteiger partial charge in [-0.25, -0.2) is 4.79 Å². The first-order valence-corrected chi connectivity index (χ1v) is 6.06. The Hall–Kier alpha value is -2.82. The second kappa shape index (κ2) is 4.70. The number of carboxylic acid groups (broad SMARTS) is 1. The lowest BCUT2D eigenvalue weighted by Gasteiger charge is -2.08. The normalized spacial score (nSPS) is 10.7. The van der Waals surface area contributed by atoms with Crippen molar-refractivity contribution in [3.8, 4) is 11.1 Å². The third-order valence-electron chi connectivity index (χ3n) is 3.15. The monoisotopic (exact) mass is 265 g/mol. The average molecular weight is 265 g/mol. The first-order chi connectivity index (χ1) is 9.66. The lowest BCUT2D eigenvalue weighted by atomic mass is 9.99. The molecule has 3 aromatic rings. The van der Waals surface area contributed by atoms with Crippen LogP contribution in [0.5, 0.6) is 0 Å². The molecule has 5 heteroatoms. The molecule has 1 N–H and O–H groups in total. The molecule has 2 heterocycles. The van der Waals surface area contributed by atoms with Crippen LogP contribution in [0.15, 0.2) is 43.0 Å². The van der Waals surface area contributed by atoms with Gasteiger partial charge in [0.25, 0.3) is 0 Å². The minimum absolute atomic E-state index is 0.147. The van der Waals surface area contributed by atoms with Crippen LogP contribution in [0.1, 0.15) is 15.9 Å². The van der Waals surface area contributed by atoms with Crippen LogP contribution < -0.4 is 0 Å². The van der Waals surface area contributed by atoms with Crippen LogP contribution in [-0.2, 0) is 0 Å². The van der Waals surface area contributed by atoms with Gasteiger partial charge in [-0.2, -0.15) is 0 Å². The van der Waals surface area contributed by atoms with Gasteiger partial charge in [-0.15, -0.1) is 0 Å². The van der Waals surface area contributed by atoms with E-state index in [0.717, 1.165) is 16.7 Å². The molecule has 0 unspecified atom stereocenters. The van der Waals surface area contributed by atoms with Gasteiger partial charge >= 0.3 is 5.97 Å². The van der Waals surface area contributed by atoms with Crippen molar-refractivity contribution in [1.29, 1.82) is 0 Å². The highest BCUT2D eigenvalue weighted by atomic mass is 16.4. The smallest absolute Gasteiger partial charge is 0.337 e. The number of aromatic nitrogens is 3. The zero-order valence-electron chi connectivity index (χ0n) is 10.7. The summed E-state index contributed by atoms with van der Waals surface area (Å²) < 4.78 is 0. The summed E-state index contributed by atoms with van der Waals surface area (Å²) in [6.45, 7) is 1.96. The van der Waals surface area contributed by atoms with Gasteiger partial charge in [0, 0.05) is 30.4 Å². The van der Waals surface area contributed by atoms with Gasteiger partial charge in [0.15, 0.2) is 0 Å². The molecule has 0 aliphatic carbocycles.